The fourth-order valence-electron chi connectivity index (χ4n) is 1.87. The Kier molecular flexibility index (Phi) is 7.83. The topological polar surface area (TPSA) is 198 Å². The molecule has 0 saturated heterocycles. The maximum atomic E-state index is 12.3. The van der Waals surface area contributed by atoms with Crippen LogP contribution in [-0.4, -0.2) is 78.8 Å². The van der Waals surface area contributed by atoms with E-state index in [2.05, 4.69) is 26.0 Å². The molecule has 11 nitrogen and oxygen atoms in total. The van der Waals surface area contributed by atoms with E-state index in [1.165, 1.54) is 0 Å². The first kappa shape index (κ1) is 22.3. The van der Waals surface area contributed by atoms with Crippen LogP contribution in [-0.2, 0) is 19.2 Å². The van der Waals surface area contributed by atoms with Gasteiger partial charge in [-0.1, -0.05) is 21.0 Å². The van der Waals surface area contributed by atoms with Gasteiger partial charge >= 0.3 is 0 Å². The number of aliphatic hydroxyl groups is 4. The molecular weight excluding hydrogens is 394 g/mol. The highest BCUT2D eigenvalue weighted by molar-refractivity contribution is 9.09. The molecule has 0 aliphatic rings. The van der Waals surface area contributed by atoms with Crippen molar-refractivity contribution in [2.45, 2.75) is 43.3 Å². The lowest BCUT2D eigenvalue weighted by molar-refractivity contribution is -0.171. The van der Waals surface area contributed by atoms with E-state index in [0.717, 1.165) is 0 Å². The SMILES string of the molecule is CC(=O)[C@@](O)(C(=O)C(O)C(O)CBr)[C@H](N=[N+]=[N-])[C@@](O)(C=O)C(C)=O. The standard InChI is InChI=1S/C12H16BrN3O8/c1-5(18)11(23,4-17)10(15-16-14)12(24,6(2)19)9(22)8(21)7(20)3-13/h4,7-8,10,20-21,23-24H,3H2,1-2H3/t7?,8?,10-,11-,12-/m1/s1. The number of nitrogens with zero attached hydrogens (tertiary/aromatic N) is 3. The minimum Gasteiger partial charge on any atom is -0.389 e. The largest absolute Gasteiger partial charge is 0.389 e. The van der Waals surface area contributed by atoms with Gasteiger partial charge in [-0.05, 0) is 19.4 Å². The van der Waals surface area contributed by atoms with Crippen molar-refractivity contribution in [3.63, 3.8) is 0 Å². The summed E-state index contributed by atoms with van der Waals surface area (Å²) < 4.78 is 0. The van der Waals surface area contributed by atoms with Gasteiger partial charge in [0.25, 0.3) is 0 Å². The fourth-order valence-corrected chi connectivity index (χ4v) is 2.22. The second kappa shape index (κ2) is 8.42. The third-order valence-corrected chi connectivity index (χ3v) is 4.09. The monoisotopic (exact) mass is 409 g/mol. The van der Waals surface area contributed by atoms with E-state index < -0.39 is 53.1 Å². The molecule has 0 aromatic heterocycles. The molecule has 0 aromatic carbocycles. The average molecular weight is 410 g/mol. The van der Waals surface area contributed by atoms with Crippen molar-refractivity contribution in [1.82, 2.24) is 0 Å². The zero-order chi connectivity index (χ0) is 19.3. The number of aliphatic hydroxyl groups excluding tert-OH is 2. The highest BCUT2D eigenvalue weighted by atomic mass is 79.9. The first-order chi connectivity index (χ1) is 10.9. The van der Waals surface area contributed by atoms with Crippen LogP contribution in [0.5, 0.6) is 0 Å². The van der Waals surface area contributed by atoms with Gasteiger partial charge < -0.3 is 20.4 Å². The van der Waals surface area contributed by atoms with Crippen LogP contribution in [0.15, 0.2) is 5.11 Å². The number of alkyl halides is 1. The number of azide groups is 1. The zero-order valence-electron chi connectivity index (χ0n) is 12.7. The molecule has 134 valence electrons. The summed E-state index contributed by atoms with van der Waals surface area (Å²) >= 11 is 2.76. The Morgan fingerprint density at radius 2 is 1.75 bits per heavy atom. The maximum absolute atomic E-state index is 12.3. The molecule has 0 fully saturated rings. The van der Waals surface area contributed by atoms with Gasteiger partial charge in [-0.2, -0.15) is 0 Å². The Balaban J connectivity index is 6.47. The van der Waals surface area contributed by atoms with E-state index in [-0.39, 0.29) is 5.33 Å². The summed E-state index contributed by atoms with van der Waals surface area (Å²) in [5.41, 5.74) is 1.92. The molecule has 0 heterocycles. The third-order valence-electron chi connectivity index (χ3n) is 3.43. The summed E-state index contributed by atoms with van der Waals surface area (Å²) in [7, 11) is 0. The summed E-state index contributed by atoms with van der Waals surface area (Å²) in [6, 6.07) is -2.59. The van der Waals surface area contributed by atoms with E-state index in [9.17, 15) is 39.6 Å². The van der Waals surface area contributed by atoms with Crippen LogP contribution < -0.4 is 0 Å². The van der Waals surface area contributed by atoms with E-state index in [4.69, 9.17) is 5.53 Å². The second-order valence-electron chi connectivity index (χ2n) is 4.96. The minimum atomic E-state index is -3.43. The fraction of sp³-hybridized carbons (Fsp3) is 0.667. The molecule has 12 heteroatoms. The van der Waals surface area contributed by atoms with Crippen LogP contribution in [0, 0.1) is 0 Å². The number of hydrogen-bond donors (Lipinski definition) is 4. The Morgan fingerprint density at radius 3 is 2.04 bits per heavy atom. The Hall–Kier alpha value is -1.69. The van der Waals surface area contributed by atoms with Crippen molar-refractivity contribution < 1.29 is 39.6 Å². The molecule has 0 aromatic rings. The number of ketones is 3. The molecule has 0 spiro atoms. The van der Waals surface area contributed by atoms with Crippen LogP contribution in [0.3, 0.4) is 0 Å². The number of aldehydes is 1. The van der Waals surface area contributed by atoms with Gasteiger partial charge in [-0.3, -0.25) is 19.2 Å². The van der Waals surface area contributed by atoms with Gasteiger partial charge in [-0.15, -0.1) is 0 Å². The predicted molar refractivity (Wildman–Crippen MR) is 81.1 cm³/mol. The lowest BCUT2D eigenvalue weighted by Gasteiger charge is -2.37. The first-order valence-electron chi connectivity index (χ1n) is 6.38. The molecule has 2 unspecified atom stereocenters. The van der Waals surface area contributed by atoms with Crippen molar-refractivity contribution >= 4 is 39.6 Å². The molecule has 4 N–H and O–H groups in total. The molecule has 0 radical (unpaired) electrons. The molecule has 0 rings (SSSR count). The van der Waals surface area contributed by atoms with Crippen LogP contribution in [0.25, 0.3) is 10.4 Å². The van der Waals surface area contributed by atoms with Gasteiger partial charge in [0, 0.05) is 10.2 Å². The lowest BCUT2D eigenvalue weighted by Crippen LogP contribution is -2.68. The van der Waals surface area contributed by atoms with Crippen molar-refractivity contribution in [1.29, 1.82) is 0 Å². The van der Waals surface area contributed by atoms with Crippen molar-refractivity contribution in [3.05, 3.63) is 10.4 Å². The van der Waals surface area contributed by atoms with E-state index >= 15 is 0 Å². The summed E-state index contributed by atoms with van der Waals surface area (Å²) in [5, 5.41) is 42.3. The summed E-state index contributed by atoms with van der Waals surface area (Å²) in [6.45, 7) is 1.35. The van der Waals surface area contributed by atoms with Gasteiger partial charge in [-0.25, -0.2) is 0 Å². The number of Topliss-reactive ketones (excluding diaryl/α,β-unsaturated/α-hetero) is 3. The predicted octanol–water partition coefficient (Wildman–Crippen LogP) is -1.81. The summed E-state index contributed by atoms with van der Waals surface area (Å²) in [4.78, 5) is 49.0. The minimum absolute atomic E-state index is 0.329. The van der Waals surface area contributed by atoms with Crippen molar-refractivity contribution in [2.24, 2.45) is 5.11 Å². The number of carbonyl (C=O) groups excluding carboxylic acids is 4. The lowest BCUT2D eigenvalue weighted by atomic mass is 9.74. The van der Waals surface area contributed by atoms with Gasteiger partial charge in [0.05, 0.1) is 6.10 Å². The van der Waals surface area contributed by atoms with Gasteiger partial charge in [0.15, 0.2) is 29.1 Å². The second-order valence-corrected chi connectivity index (χ2v) is 5.61. The van der Waals surface area contributed by atoms with Gasteiger partial charge in [0.2, 0.25) is 5.78 Å². The summed E-state index contributed by atoms with van der Waals surface area (Å²) in [5.74, 6) is -4.49. The third kappa shape index (κ3) is 3.86. The van der Waals surface area contributed by atoms with Crippen LogP contribution in [0.4, 0.5) is 0 Å². The molecule has 5 atom stereocenters. The number of hydrogen-bond acceptors (Lipinski definition) is 9. The van der Waals surface area contributed by atoms with E-state index in [1.807, 2.05) is 0 Å². The number of halogens is 1. The van der Waals surface area contributed by atoms with Crippen LogP contribution in [0.1, 0.15) is 13.8 Å². The highest BCUT2D eigenvalue weighted by Gasteiger charge is 2.60. The number of rotatable bonds is 10. The Labute approximate surface area is 144 Å². The van der Waals surface area contributed by atoms with Crippen LogP contribution in [0.2, 0.25) is 0 Å². The molecule has 0 bridgehead atoms. The van der Waals surface area contributed by atoms with Crippen molar-refractivity contribution in [3.8, 4) is 0 Å². The number of carbonyl (C=O) groups is 4. The maximum Gasteiger partial charge on any atom is 0.203 e. The molecule has 0 aliphatic heterocycles. The molecular formula is C12H16BrN3O8. The zero-order valence-corrected chi connectivity index (χ0v) is 14.2. The molecule has 0 saturated carbocycles. The summed E-state index contributed by atoms with van der Waals surface area (Å²) in [6.07, 6.45) is -4.50. The first-order valence-corrected chi connectivity index (χ1v) is 7.50. The van der Waals surface area contributed by atoms with E-state index in [0.29, 0.717) is 13.8 Å². The molecule has 0 aliphatic carbocycles. The Bertz CT molecular complexity index is 593. The molecule has 0 amide bonds. The van der Waals surface area contributed by atoms with Gasteiger partial charge in [0.1, 0.15) is 12.1 Å². The quantitative estimate of drug-likeness (QED) is 0.0806. The average Bonchev–Trinajstić information content (AvgIpc) is 2.55. The van der Waals surface area contributed by atoms with Crippen LogP contribution >= 0.6 is 15.9 Å². The van der Waals surface area contributed by atoms with E-state index in [1.54, 1.807) is 0 Å². The molecule has 24 heavy (non-hydrogen) atoms. The smallest absolute Gasteiger partial charge is 0.203 e. The highest BCUT2D eigenvalue weighted by Crippen LogP contribution is 2.29. The Morgan fingerprint density at radius 1 is 1.25 bits per heavy atom. The van der Waals surface area contributed by atoms with Crippen molar-refractivity contribution in [2.75, 3.05) is 5.33 Å². The normalized spacial score (nSPS) is 19.6.